The Bertz CT molecular complexity index is 535. The maximum atomic E-state index is 4.59. The van der Waals surface area contributed by atoms with Gasteiger partial charge in [-0.3, -0.25) is 9.67 Å². The summed E-state index contributed by atoms with van der Waals surface area (Å²) in [7, 11) is 1.89. The van der Waals surface area contributed by atoms with E-state index in [1.54, 1.807) is 4.68 Å². The van der Waals surface area contributed by atoms with Gasteiger partial charge in [0.1, 0.15) is 0 Å². The lowest BCUT2D eigenvalue weighted by molar-refractivity contribution is 0.509. The van der Waals surface area contributed by atoms with E-state index in [1.807, 2.05) is 25.5 Å². The van der Waals surface area contributed by atoms with Crippen LogP contribution in [0, 0.1) is 0 Å². The number of aromatic nitrogens is 4. The predicted octanol–water partition coefficient (Wildman–Crippen LogP) is 2.06. The first-order chi connectivity index (χ1) is 9.74. The summed E-state index contributed by atoms with van der Waals surface area (Å²) in [6.45, 7) is 5.32. The molecule has 1 unspecified atom stereocenters. The van der Waals surface area contributed by atoms with Crippen molar-refractivity contribution in [2.75, 3.05) is 6.54 Å². The fourth-order valence-electron chi connectivity index (χ4n) is 2.35. The largest absolute Gasteiger partial charge is 0.308 e. The van der Waals surface area contributed by atoms with Crippen molar-refractivity contribution in [3.8, 4) is 0 Å². The average Bonchev–Trinajstić information content (AvgIpc) is 2.88. The van der Waals surface area contributed by atoms with Gasteiger partial charge in [-0.15, -0.1) is 5.10 Å². The zero-order valence-electron chi connectivity index (χ0n) is 12.5. The summed E-state index contributed by atoms with van der Waals surface area (Å²) in [6.07, 6.45) is 6.75. The molecule has 2 aromatic heterocycles. The third-order valence-corrected chi connectivity index (χ3v) is 3.34. The molecule has 2 aromatic rings. The first kappa shape index (κ1) is 14.7. The molecule has 1 N–H and O–H groups in total. The Balaban J connectivity index is 2.22. The molecule has 0 aromatic carbocycles. The Morgan fingerprint density at radius 1 is 1.35 bits per heavy atom. The summed E-state index contributed by atoms with van der Waals surface area (Å²) in [5, 5.41) is 11.8. The first-order valence-electron chi connectivity index (χ1n) is 7.27. The lowest BCUT2D eigenvalue weighted by atomic mass is 10.0. The molecule has 1 atom stereocenters. The standard InChI is InChI=1S/C15H23N5/c1-4-8-16-14(10-13-11-20(3)19-18-13)15-12(5-2)7-6-9-17-15/h6-7,9,11,14,16H,4-5,8,10H2,1-3H3. The zero-order valence-corrected chi connectivity index (χ0v) is 12.5. The zero-order chi connectivity index (χ0) is 14.4. The van der Waals surface area contributed by atoms with Gasteiger partial charge in [0.05, 0.1) is 17.4 Å². The van der Waals surface area contributed by atoms with E-state index in [0.717, 1.165) is 37.2 Å². The second-order valence-corrected chi connectivity index (χ2v) is 5.00. The van der Waals surface area contributed by atoms with Crippen LogP contribution in [0.1, 0.15) is 43.3 Å². The van der Waals surface area contributed by atoms with Crippen LogP contribution in [0.4, 0.5) is 0 Å². The van der Waals surface area contributed by atoms with Crippen molar-refractivity contribution in [1.82, 2.24) is 25.3 Å². The van der Waals surface area contributed by atoms with Gasteiger partial charge in [-0.05, 0) is 31.0 Å². The van der Waals surface area contributed by atoms with E-state index in [4.69, 9.17) is 0 Å². The molecule has 0 amide bonds. The third kappa shape index (κ3) is 3.63. The molecule has 5 nitrogen and oxygen atoms in total. The van der Waals surface area contributed by atoms with E-state index in [-0.39, 0.29) is 6.04 Å². The molecule has 0 fully saturated rings. The van der Waals surface area contributed by atoms with Crippen molar-refractivity contribution >= 4 is 0 Å². The number of hydrogen-bond acceptors (Lipinski definition) is 4. The molecule has 20 heavy (non-hydrogen) atoms. The predicted molar refractivity (Wildman–Crippen MR) is 79.4 cm³/mol. The van der Waals surface area contributed by atoms with Gasteiger partial charge in [0.15, 0.2) is 0 Å². The maximum Gasteiger partial charge on any atom is 0.0846 e. The Labute approximate surface area is 120 Å². The number of nitrogens with zero attached hydrogens (tertiary/aromatic N) is 4. The van der Waals surface area contributed by atoms with E-state index in [2.05, 4.69) is 40.5 Å². The van der Waals surface area contributed by atoms with Crippen LogP contribution in [0.3, 0.4) is 0 Å². The summed E-state index contributed by atoms with van der Waals surface area (Å²) >= 11 is 0. The van der Waals surface area contributed by atoms with Gasteiger partial charge in [0.25, 0.3) is 0 Å². The van der Waals surface area contributed by atoms with Crippen molar-refractivity contribution in [3.63, 3.8) is 0 Å². The molecule has 2 rings (SSSR count). The van der Waals surface area contributed by atoms with Crippen LogP contribution in [0.2, 0.25) is 0 Å². The van der Waals surface area contributed by atoms with Crippen molar-refractivity contribution in [3.05, 3.63) is 41.5 Å². The van der Waals surface area contributed by atoms with Crippen LogP contribution in [0.25, 0.3) is 0 Å². The summed E-state index contributed by atoms with van der Waals surface area (Å²) in [5.41, 5.74) is 3.42. The van der Waals surface area contributed by atoms with Crippen LogP contribution >= 0.6 is 0 Å². The number of rotatable bonds is 7. The van der Waals surface area contributed by atoms with Crippen LogP contribution in [-0.2, 0) is 19.9 Å². The Morgan fingerprint density at radius 3 is 2.85 bits per heavy atom. The lowest BCUT2D eigenvalue weighted by Gasteiger charge is -2.19. The van der Waals surface area contributed by atoms with Crippen molar-refractivity contribution < 1.29 is 0 Å². The van der Waals surface area contributed by atoms with Gasteiger partial charge in [-0.1, -0.05) is 25.1 Å². The van der Waals surface area contributed by atoms with Gasteiger partial charge in [-0.2, -0.15) is 0 Å². The minimum atomic E-state index is 0.197. The molecule has 0 spiro atoms. The van der Waals surface area contributed by atoms with E-state index >= 15 is 0 Å². The summed E-state index contributed by atoms with van der Waals surface area (Å²) < 4.78 is 1.74. The van der Waals surface area contributed by atoms with E-state index in [9.17, 15) is 0 Å². The molecule has 0 saturated heterocycles. The minimum Gasteiger partial charge on any atom is -0.308 e. The molecular weight excluding hydrogens is 250 g/mol. The molecule has 0 saturated carbocycles. The summed E-state index contributed by atoms with van der Waals surface area (Å²) in [4.78, 5) is 4.59. The van der Waals surface area contributed by atoms with Gasteiger partial charge < -0.3 is 5.32 Å². The molecule has 108 valence electrons. The summed E-state index contributed by atoms with van der Waals surface area (Å²) in [5.74, 6) is 0. The SMILES string of the molecule is CCCNC(Cc1cn(C)nn1)c1ncccc1CC. The number of nitrogens with one attached hydrogen (secondary N) is 1. The van der Waals surface area contributed by atoms with Crippen molar-refractivity contribution in [2.45, 2.75) is 39.2 Å². The third-order valence-electron chi connectivity index (χ3n) is 3.34. The van der Waals surface area contributed by atoms with Crippen LogP contribution in [0.15, 0.2) is 24.5 Å². The second-order valence-electron chi connectivity index (χ2n) is 5.00. The molecular formula is C15H23N5. The Hall–Kier alpha value is -1.75. The van der Waals surface area contributed by atoms with Gasteiger partial charge >= 0.3 is 0 Å². The number of aryl methyl sites for hydroxylation is 2. The minimum absolute atomic E-state index is 0.197. The molecule has 0 aliphatic rings. The fraction of sp³-hybridized carbons (Fsp3) is 0.533. The van der Waals surface area contributed by atoms with Crippen LogP contribution < -0.4 is 5.32 Å². The molecule has 0 aliphatic heterocycles. The monoisotopic (exact) mass is 273 g/mol. The summed E-state index contributed by atoms with van der Waals surface area (Å²) in [6, 6.07) is 4.35. The Kier molecular flexibility index (Phi) is 5.24. The topological polar surface area (TPSA) is 55.6 Å². The number of hydrogen-bond donors (Lipinski definition) is 1. The smallest absolute Gasteiger partial charge is 0.0846 e. The van der Waals surface area contributed by atoms with Crippen molar-refractivity contribution in [1.29, 1.82) is 0 Å². The van der Waals surface area contributed by atoms with E-state index in [0.29, 0.717) is 0 Å². The molecule has 0 bridgehead atoms. The average molecular weight is 273 g/mol. The molecule has 0 aliphatic carbocycles. The van der Waals surface area contributed by atoms with Crippen molar-refractivity contribution in [2.24, 2.45) is 7.05 Å². The van der Waals surface area contributed by atoms with Crippen LogP contribution in [-0.4, -0.2) is 26.5 Å². The quantitative estimate of drug-likeness (QED) is 0.839. The second kappa shape index (κ2) is 7.14. The molecule has 0 radical (unpaired) electrons. The highest BCUT2D eigenvalue weighted by Crippen LogP contribution is 2.19. The lowest BCUT2D eigenvalue weighted by Crippen LogP contribution is -2.26. The van der Waals surface area contributed by atoms with Gasteiger partial charge in [0.2, 0.25) is 0 Å². The van der Waals surface area contributed by atoms with Gasteiger partial charge in [-0.25, -0.2) is 0 Å². The molecule has 5 heteroatoms. The normalized spacial score (nSPS) is 12.6. The van der Waals surface area contributed by atoms with E-state index in [1.165, 1.54) is 5.56 Å². The highest BCUT2D eigenvalue weighted by atomic mass is 15.4. The maximum absolute atomic E-state index is 4.59. The molecule has 2 heterocycles. The van der Waals surface area contributed by atoms with E-state index < -0.39 is 0 Å². The van der Waals surface area contributed by atoms with Gasteiger partial charge in [0, 0.05) is 25.9 Å². The van der Waals surface area contributed by atoms with Crippen LogP contribution in [0.5, 0.6) is 0 Å². The fourth-order valence-corrected chi connectivity index (χ4v) is 2.35. The number of pyridine rings is 1. The first-order valence-corrected chi connectivity index (χ1v) is 7.27. The highest BCUT2D eigenvalue weighted by Gasteiger charge is 2.17. The Morgan fingerprint density at radius 2 is 2.20 bits per heavy atom. The highest BCUT2D eigenvalue weighted by molar-refractivity contribution is 5.24.